The van der Waals surface area contributed by atoms with E-state index in [1.807, 2.05) is 25.1 Å². The van der Waals surface area contributed by atoms with Gasteiger partial charge in [-0.25, -0.2) is 4.79 Å². The highest BCUT2D eigenvalue weighted by atomic mass is 16.5. The van der Waals surface area contributed by atoms with Gasteiger partial charge < -0.3 is 19.4 Å². The quantitative estimate of drug-likeness (QED) is 0.602. The van der Waals surface area contributed by atoms with Gasteiger partial charge in [-0.3, -0.25) is 0 Å². The zero-order valence-electron chi connectivity index (χ0n) is 14.3. The van der Waals surface area contributed by atoms with Crippen molar-refractivity contribution in [3.05, 3.63) is 52.4 Å². The van der Waals surface area contributed by atoms with Crippen molar-refractivity contribution in [2.24, 2.45) is 0 Å². The fourth-order valence-corrected chi connectivity index (χ4v) is 2.23. The molecule has 0 radical (unpaired) electrons. The van der Waals surface area contributed by atoms with Crippen LogP contribution >= 0.6 is 0 Å². The van der Waals surface area contributed by atoms with Gasteiger partial charge in [0.1, 0.15) is 17.9 Å². The zero-order chi connectivity index (χ0) is 17.7. The number of aliphatic hydroxyl groups excluding tert-OH is 1. The third kappa shape index (κ3) is 5.22. The van der Waals surface area contributed by atoms with Crippen LogP contribution in [0.5, 0.6) is 5.75 Å². The highest BCUT2D eigenvalue weighted by Crippen LogP contribution is 2.20. The molecule has 0 fully saturated rings. The summed E-state index contributed by atoms with van der Waals surface area (Å²) in [5.74, 6) is 0.623. The van der Waals surface area contributed by atoms with Crippen molar-refractivity contribution in [1.29, 1.82) is 0 Å². The molecule has 1 aromatic heterocycles. The predicted octanol–water partition coefficient (Wildman–Crippen LogP) is 3.03. The highest BCUT2D eigenvalue weighted by molar-refractivity contribution is 5.77. The molecule has 130 valence electrons. The number of ether oxygens (including phenoxy) is 1. The highest BCUT2D eigenvalue weighted by Gasteiger charge is 2.23. The van der Waals surface area contributed by atoms with Crippen LogP contribution in [0.15, 0.2) is 51.2 Å². The van der Waals surface area contributed by atoms with Crippen molar-refractivity contribution in [2.75, 3.05) is 6.61 Å². The van der Waals surface area contributed by atoms with Crippen molar-refractivity contribution in [3.63, 3.8) is 0 Å². The summed E-state index contributed by atoms with van der Waals surface area (Å²) in [6.45, 7) is 5.53. The van der Waals surface area contributed by atoms with E-state index >= 15 is 0 Å². The third-order valence-electron chi connectivity index (χ3n) is 3.90. The molecule has 0 saturated carbocycles. The molecule has 1 heterocycles. The lowest BCUT2D eigenvalue weighted by Gasteiger charge is -2.24. The maximum absolute atomic E-state index is 11.2. The van der Waals surface area contributed by atoms with Gasteiger partial charge in [0.25, 0.3) is 0 Å². The summed E-state index contributed by atoms with van der Waals surface area (Å²) < 4.78 is 10.8. The topological polar surface area (TPSA) is 79.9 Å². The van der Waals surface area contributed by atoms with E-state index in [1.165, 1.54) is 6.07 Å². The zero-order valence-corrected chi connectivity index (χ0v) is 14.3. The van der Waals surface area contributed by atoms with E-state index in [2.05, 4.69) is 0 Å². The fourth-order valence-electron chi connectivity index (χ4n) is 2.23. The minimum absolute atomic E-state index is 0.382. The van der Waals surface area contributed by atoms with E-state index < -0.39 is 11.7 Å². The molecule has 5 heteroatoms. The molecule has 0 bridgehead atoms. The number of allylic oxidation sites excluding steroid dienone is 1. The van der Waals surface area contributed by atoms with Crippen molar-refractivity contribution >= 4 is 11.0 Å². The minimum atomic E-state index is -1.09. The first-order valence-corrected chi connectivity index (χ1v) is 7.98. The normalized spacial score (nSPS) is 14.0. The Bertz CT molecular complexity index is 767. The van der Waals surface area contributed by atoms with Crippen LogP contribution < -0.4 is 10.4 Å². The van der Waals surface area contributed by atoms with Gasteiger partial charge in [-0.1, -0.05) is 5.57 Å². The SMILES string of the molecule is CC(=CCOc1ccc2ccc(=O)oc2c1)CC[C@H](O)C(C)(C)O. The van der Waals surface area contributed by atoms with Crippen LogP contribution in [-0.2, 0) is 0 Å². The van der Waals surface area contributed by atoms with Gasteiger partial charge >= 0.3 is 5.63 Å². The minimum Gasteiger partial charge on any atom is -0.489 e. The van der Waals surface area contributed by atoms with E-state index in [0.717, 1.165) is 11.0 Å². The Kier molecular flexibility index (Phi) is 5.80. The Hall–Kier alpha value is -2.11. The Balaban J connectivity index is 1.90. The summed E-state index contributed by atoms with van der Waals surface area (Å²) >= 11 is 0. The second-order valence-corrected chi connectivity index (χ2v) is 6.52. The molecule has 1 atom stereocenters. The molecule has 0 aliphatic rings. The molecule has 0 aliphatic carbocycles. The van der Waals surface area contributed by atoms with E-state index in [4.69, 9.17) is 9.15 Å². The second-order valence-electron chi connectivity index (χ2n) is 6.52. The Labute approximate surface area is 141 Å². The number of hydrogen-bond acceptors (Lipinski definition) is 5. The van der Waals surface area contributed by atoms with Crippen molar-refractivity contribution < 1.29 is 19.4 Å². The summed E-state index contributed by atoms with van der Waals surface area (Å²) in [6.07, 6.45) is 2.35. The van der Waals surface area contributed by atoms with Crippen LogP contribution in [0.2, 0.25) is 0 Å². The molecular formula is C19H24O5. The lowest BCUT2D eigenvalue weighted by Crippen LogP contribution is -2.35. The van der Waals surface area contributed by atoms with Gasteiger partial charge in [0.15, 0.2) is 0 Å². The standard InChI is InChI=1S/C19H24O5/c1-13(4-8-17(20)19(2,3)22)10-11-23-15-7-5-14-6-9-18(21)24-16(14)12-15/h5-7,9-10,12,17,20,22H,4,8,11H2,1-3H3/t17-/m0/s1. The average Bonchev–Trinajstić information content (AvgIpc) is 2.51. The van der Waals surface area contributed by atoms with Gasteiger partial charge in [-0.05, 0) is 57.9 Å². The first-order chi connectivity index (χ1) is 11.3. The molecular weight excluding hydrogens is 308 g/mol. The van der Waals surface area contributed by atoms with Gasteiger partial charge in [-0.15, -0.1) is 0 Å². The third-order valence-corrected chi connectivity index (χ3v) is 3.90. The molecule has 0 amide bonds. The number of hydrogen-bond donors (Lipinski definition) is 2. The molecule has 1 aromatic carbocycles. The molecule has 2 aromatic rings. The van der Waals surface area contributed by atoms with E-state index in [-0.39, 0.29) is 5.63 Å². The summed E-state index contributed by atoms with van der Waals surface area (Å²) in [5, 5.41) is 20.4. The maximum Gasteiger partial charge on any atom is 0.336 e. The van der Waals surface area contributed by atoms with Crippen LogP contribution in [-0.4, -0.2) is 28.5 Å². The van der Waals surface area contributed by atoms with Crippen molar-refractivity contribution in [1.82, 2.24) is 0 Å². The summed E-state index contributed by atoms with van der Waals surface area (Å²) in [5.41, 5.74) is 0.0894. The van der Waals surface area contributed by atoms with Gasteiger partial charge in [0.05, 0.1) is 11.7 Å². The molecule has 0 saturated heterocycles. The van der Waals surface area contributed by atoms with Crippen LogP contribution in [0.25, 0.3) is 11.0 Å². The summed E-state index contributed by atoms with van der Waals surface area (Å²) in [4.78, 5) is 11.2. The predicted molar refractivity (Wildman–Crippen MR) is 93.3 cm³/mol. The molecule has 24 heavy (non-hydrogen) atoms. The number of rotatable bonds is 7. The lowest BCUT2D eigenvalue weighted by atomic mass is 9.96. The van der Waals surface area contributed by atoms with Gasteiger partial charge in [-0.2, -0.15) is 0 Å². The molecule has 5 nitrogen and oxygen atoms in total. The van der Waals surface area contributed by atoms with E-state index in [1.54, 1.807) is 26.0 Å². The largest absolute Gasteiger partial charge is 0.489 e. The molecule has 2 rings (SSSR count). The fraction of sp³-hybridized carbons (Fsp3) is 0.421. The summed E-state index contributed by atoms with van der Waals surface area (Å²) in [6, 6.07) is 8.45. The van der Waals surface area contributed by atoms with Crippen LogP contribution in [0.1, 0.15) is 33.6 Å². The van der Waals surface area contributed by atoms with Crippen molar-refractivity contribution in [3.8, 4) is 5.75 Å². The average molecular weight is 332 g/mol. The molecule has 2 N–H and O–H groups in total. The second kappa shape index (κ2) is 7.64. The smallest absolute Gasteiger partial charge is 0.336 e. The van der Waals surface area contributed by atoms with Crippen LogP contribution in [0, 0.1) is 0 Å². The van der Waals surface area contributed by atoms with E-state index in [0.29, 0.717) is 30.8 Å². The Morgan fingerprint density at radius 3 is 2.75 bits per heavy atom. The molecule has 0 unspecified atom stereocenters. The monoisotopic (exact) mass is 332 g/mol. The first-order valence-electron chi connectivity index (χ1n) is 7.98. The van der Waals surface area contributed by atoms with Crippen molar-refractivity contribution in [2.45, 2.75) is 45.3 Å². The number of fused-ring (bicyclic) bond motifs is 1. The van der Waals surface area contributed by atoms with Gasteiger partial charge in [0, 0.05) is 17.5 Å². The Morgan fingerprint density at radius 1 is 1.33 bits per heavy atom. The maximum atomic E-state index is 11.2. The van der Waals surface area contributed by atoms with Gasteiger partial charge in [0.2, 0.25) is 0 Å². The number of aliphatic hydroxyl groups is 2. The molecule has 0 spiro atoms. The van der Waals surface area contributed by atoms with E-state index in [9.17, 15) is 15.0 Å². The van der Waals surface area contributed by atoms with Crippen LogP contribution in [0.3, 0.4) is 0 Å². The lowest BCUT2D eigenvalue weighted by molar-refractivity contribution is -0.0509. The summed E-state index contributed by atoms with van der Waals surface area (Å²) in [7, 11) is 0. The number of benzene rings is 1. The van der Waals surface area contributed by atoms with Crippen LogP contribution in [0.4, 0.5) is 0 Å². The molecule has 0 aliphatic heterocycles. The first kappa shape index (κ1) is 18.2. The Morgan fingerprint density at radius 2 is 2.04 bits per heavy atom.